The van der Waals surface area contributed by atoms with E-state index in [9.17, 15) is 4.79 Å². The fourth-order valence-electron chi connectivity index (χ4n) is 3.25. The molecule has 24 heavy (non-hydrogen) atoms. The smallest absolute Gasteiger partial charge is 0.336 e. The summed E-state index contributed by atoms with van der Waals surface area (Å²) >= 11 is 1.60. The van der Waals surface area contributed by atoms with Crippen molar-refractivity contribution >= 4 is 22.7 Å². The predicted molar refractivity (Wildman–Crippen MR) is 94.5 cm³/mol. The van der Waals surface area contributed by atoms with Gasteiger partial charge in [-0.1, -0.05) is 11.8 Å². The fraction of sp³-hybridized carbons (Fsp3) is 0.389. The van der Waals surface area contributed by atoms with Crippen LogP contribution in [0.4, 0.5) is 0 Å². The normalized spacial score (nSPS) is 13.8. The van der Waals surface area contributed by atoms with E-state index in [2.05, 4.69) is 30.1 Å². The van der Waals surface area contributed by atoms with Crippen LogP contribution in [0.5, 0.6) is 0 Å². The first-order valence-corrected chi connectivity index (χ1v) is 9.21. The van der Waals surface area contributed by atoms with Gasteiger partial charge >= 0.3 is 5.63 Å². The van der Waals surface area contributed by atoms with Gasteiger partial charge in [0.05, 0.1) is 0 Å². The summed E-state index contributed by atoms with van der Waals surface area (Å²) in [5, 5.41) is 10.1. The highest BCUT2D eigenvalue weighted by molar-refractivity contribution is 7.98. The summed E-state index contributed by atoms with van der Waals surface area (Å²) in [4.78, 5) is 11.9. The Bertz CT molecular complexity index is 959. The average Bonchev–Trinajstić information content (AvgIpc) is 3.19. The van der Waals surface area contributed by atoms with Crippen molar-refractivity contribution in [2.24, 2.45) is 0 Å². The summed E-state index contributed by atoms with van der Waals surface area (Å²) in [5.41, 5.74) is 4.10. The summed E-state index contributed by atoms with van der Waals surface area (Å²) in [6.45, 7) is 4.20. The Labute approximate surface area is 144 Å². The summed E-state index contributed by atoms with van der Waals surface area (Å²) in [7, 11) is 0. The van der Waals surface area contributed by atoms with Crippen molar-refractivity contribution in [2.75, 3.05) is 0 Å². The first kappa shape index (κ1) is 15.4. The maximum absolute atomic E-state index is 11.9. The molecule has 0 saturated heterocycles. The van der Waals surface area contributed by atoms with Crippen LogP contribution in [0.2, 0.25) is 0 Å². The monoisotopic (exact) mass is 341 g/mol. The molecule has 0 saturated carbocycles. The molecule has 0 radical (unpaired) electrons. The van der Waals surface area contributed by atoms with Crippen LogP contribution < -0.4 is 5.63 Å². The maximum atomic E-state index is 11.9. The average molecular weight is 341 g/mol. The lowest BCUT2D eigenvalue weighted by Crippen LogP contribution is -2.03. The molecule has 1 aromatic carbocycles. The van der Waals surface area contributed by atoms with Gasteiger partial charge in [-0.05, 0) is 61.9 Å². The largest absolute Gasteiger partial charge is 0.423 e. The maximum Gasteiger partial charge on any atom is 0.336 e. The van der Waals surface area contributed by atoms with E-state index in [-0.39, 0.29) is 5.63 Å². The SMILES string of the molecule is CC(C)n1cnnc1SCc1cc(=O)oc2cc3c(cc12)CCC3. The molecule has 0 fully saturated rings. The molecule has 124 valence electrons. The zero-order valence-electron chi connectivity index (χ0n) is 13.8. The number of benzene rings is 1. The lowest BCUT2D eigenvalue weighted by molar-refractivity contribution is 0.549. The number of hydrogen-bond donors (Lipinski definition) is 0. The molecule has 5 nitrogen and oxygen atoms in total. The highest BCUT2D eigenvalue weighted by atomic mass is 32.2. The summed E-state index contributed by atoms with van der Waals surface area (Å²) in [6, 6.07) is 6.16. The lowest BCUT2D eigenvalue weighted by atomic mass is 10.0. The molecule has 0 amide bonds. The number of nitrogens with zero attached hydrogens (tertiary/aromatic N) is 3. The number of hydrogen-bond acceptors (Lipinski definition) is 5. The van der Waals surface area contributed by atoms with Crippen LogP contribution in [0.1, 0.15) is 43.0 Å². The molecule has 0 unspecified atom stereocenters. The van der Waals surface area contributed by atoms with Crippen LogP contribution in [0.15, 0.2) is 38.9 Å². The second-order valence-corrected chi connectivity index (χ2v) is 7.41. The predicted octanol–water partition coefficient (Wildman–Crippen LogP) is 3.75. The standard InChI is InChI=1S/C18H19N3O2S/c1-11(2)21-10-19-20-18(21)24-9-14-8-17(22)23-16-7-13-5-3-4-12(13)6-15(14)16/h6-8,10-11H,3-5,9H2,1-2H3. The highest BCUT2D eigenvalue weighted by Gasteiger charge is 2.16. The number of fused-ring (bicyclic) bond motifs is 2. The second kappa shape index (κ2) is 6.09. The molecule has 0 aliphatic heterocycles. The fourth-order valence-corrected chi connectivity index (χ4v) is 4.28. The van der Waals surface area contributed by atoms with Crippen molar-refractivity contribution < 1.29 is 4.42 Å². The molecule has 2 aromatic heterocycles. The first-order chi connectivity index (χ1) is 11.6. The van der Waals surface area contributed by atoms with Gasteiger partial charge in [0.1, 0.15) is 11.9 Å². The van der Waals surface area contributed by atoms with Gasteiger partial charge in [0, 0.05) is 23.2 Å². The molecule has 4 rings (SSSR count). The number of aromatic nitrogens is 3. The molecule has 0 atom stereocenters. The van der Waals surface area contributed by atoms with Crippen molar-refractivity contribution in [3.8, 4) is 0 Å². The minimum absolute atomic E-state index is 0.290. The van der Waals surface area contributed by atoms with E-state index in [1.165, 1.54) is 17.5 Å². The van der Waals surface area contributed by atoms with Gasteiger partial charge in [-0.15, -0.1) is 10.2 Å². The Hall–Kier alpha value is -2.08. The van der Waals surface area contributed by atoms with E-state index in [1.54, 1.807) is 24.2 Å². The molecule has 0 spiro atoms. The van der Waals surface area contributed by atoms with Gasteiger partial charge in [0.15, 0.2) is 5.16 Å². The van der Waals surface area contributed by atoms with E-state index < -0.39 is 0 Å². The molecule has 1 aliphatic carbocycles. The van der Waals surface area contributed by atoms with Crippen LogP contribution in [-0.4, -0.2) is 14.8 Å². The molecular formula is C18H19N3O2S. The number of rotatable bonds is 4. The van der Waals surface area contributed by atoms with Gasteiger partial charge in [0.25, 0.3) is 0 Å². The Morgan fingerprint density at radius 1 is 1.25 bits per heavy atom. The van der Waals surface area contributed by atoms with Crippen LogP contribution in [0.3, 0.4) is 0 Å². The Balaban J connectivity index is 1.71. The Morgan fingerprint density at radius 2 is 2.04 bits per heavy atom. The van der Waals surface area contributed by atoms with E-state index >= 15 is 0 Å². The number of thioether (sulfide) groups is 1. The Morgan fingerprint density at radius 3 is 2.83 bits per heavy atom. The highest BCUT2D eigenvalue weighted by Crippen LogP contribution is 2.31. The van der Waals surface area contributed by atoms with Crippen molar-refractivity contribution in [1.82, 2.24) is 14.8 Å². The van der Waals surface area contributed by atoms with Gasteiger partial charge in [0.2, 0.25) is 0 Å². The zero-order chi connectivity index (χ0) is 16.7. The van der Waals surface area contributed by atoms with E-state index in [4.69, 9.17) is 4.42 Å². The third kappa shape index (κ3) is 2.75. The van der Waals surface area contributed by atoms with Crippen LogP contribution in [-0.2, 0) is 18.6 Å². The lowest BCUT2D eigenvalue weighted by Gasteiger charge is -2.10. The van der Waals surface area contributed by atoms with Gasteiger partial charge < -0.3 is 8.98 Å². The molecule has 0 N–H and O–H groups in total. The summed E-state index contributed by atoms with van der Waals surface area (Å²) in [6.07, 6.45) is 5.11. The minimum Gasteiger partial charge on any atom is -0.423 e. The molecule has 6 heteroatoms. The van der Waals surface area contributed by atoms with E-state index in [0.29, 0.717) is 17.4 Å². The first-order valence-electron chi connectivity index (χ1n) is 8.22. The molecule has 2 heterocycles. The van der Waals surface area contributed by atoms with Crippen LogP contribution in [0.25, 0.3) is 11.0 Å². The zero-order valence-corrected chi connectivity index (χ0v) is 14.6. The van der Waals surface area contributed by atoms with Gasteiger partial charge in [-0.3, -0.25) is 0 Å². The second-order valence-electron chi connectivity index (χ2n) is 6.46. The van der Waals surface area contributed by atoms with E-state index in [1.807, 2.05) is 10.6 Å². The van der Waals surface area contributed by atoms with E-state index in [0.717, 1.165) is 28.9 Å². The number of aryl methyl sites for hydroxylation is 2. The molecular weight excluding hydrogens is 322 g/mol. The molecule has 3 aromatic rings. The third-order valence-electron chi connectivity index (χ3n) is 4.50. The molecule has 0 bridgehead atoms. The topological polar surface area (TPSA) is 60.9 Å². The van der Waals surface area contributed by atoms with Gasteiger partial charge in [-0.2, -0.15) is 0 Å². The minimum atomic E-state index is -0.290. The summed E-state index contributed by atoms with van der Waals surface area (Å²) in [5.74, 6) is 0.673. The Kier molecular flexibility index (Phi) is 3.92. The molecule has 1 aliphatic rings. The van der Waals surface area contributed by atoms with Crippen LogP contribution in [0, 0.1) is 0 Å². The third-order valence-corrected chi connectivity index (χ3v) is 5.50. The van der Waals surface area contributed by atoms with Gasteiger partial charge in [-0.25, -0.2) is 4.79 Å². The van der Waals surface area contributed by atoms with Crippen molar-refractivity contribution in [1.29, 1.82) is 0 Å². The van der Waals surface area contributed by atoms with Crippen molar-refractivity contribution in [2.45, 2.75) is 50.1 Å². The van der Waals surface area contributed by atoms with Crippen molar-refractivity contribution in [3.63, 3.8) is 0 Å². The summed E-state index contributed by atoms with van der Waals surface area (Å²) < 4.78 is 7.47. The van der Waals surface area contributed by atoms with Crippen molar-refractivity contribution in [3.05, 3.63) is 51.6 Å². The quantitative estimate of drug-likeness (QED) is 0.534. The van der Waals surface area contributed by atoms with Crippen LogP contribution >= 0.6 is 11.8 Å².